The van der Waals surface area contributed by atoms with Crippen LogP contribution in [-0.2, 0) is 14.3 Å². The van der Waals surface area contributed by atoms with E-state index >= 15 is 0 Å². The van der Waals surface area contributed by atoms with Gasteiger partial charge in [-0.2, -0.15) is 0 Å². The number of hydrogen-bond donors (Lipinski definition) is 6. The number of fused-ring (bicyclic) bond motifs is 3. The molecule has 2 amide bonds. The molecule has 4 heterocycles. The number of carboxylic acid groups (broad SMARTS) is 1. The summed E-state index contributed by atoms with van der Waals surface area (Å²) in [6, 6.07) is -1.84. The zero-order valence-electron chi connectivity index (χ0n) is 22.0. The molecule has 0 spiro atoms. The summed E-state index contributed by atoms with van der Waals surface area (Å²) in [7, 11) is 0. The number of aliphatic hydroxyl groups is 4. The van der Waals surface area contributed by atoms with Gasteiger partial charge in [0.15, 0.2) is 0 Å². The minimum absolute atomic E-state index is 0.0956. The first-order chi connectivity index (χ1) is 18.1. The number of nitrogens with one attached hydrogen (secondary N) is 1. The summed E-state index contributed by atoms with van der Waals surface area (Å²) in [4.78, 5) is 27.0. The Balaban J connectivity index is 1.55. The van der Waals surface area contributed by atoms with Crippen molar-refractivity contribution in [3.63, 3.8) is 0 Å². The van der Waals surface area contributed by atoms with Crippen LogP contribution >= 0.6 is 11.8 Å². The maximum absolute atomic E-state index is 13.7. The fraction of sp³-hybridized carbons (Fsp3) is 0.846. The third-order valence-corrected chi connectivity index (χ3v) is 9.54. The lowest BCUT2D eigenvalue weighted by molar-refractivity contribution is -0.205. The topological polar surface area (TPSA) is 169 Å². The molecule has 0 aromatic carbocycles. The van der Waals surface area contributed by atoms with Crippen LogP contribution < -0.4 is 5.32 Å². The second-order valence-electron chi connectivity index (χ2n) is 11.4. The average molecular weight is 559 g/mol. The predicted octanol–water partition coefficient (Wildman–Crippen LogP) is 0.543. The minimum Gasteiger partial charge on any atom is -0.465 e. The van der Waals surface area contributed by atoms with E-state index in [1.807, 2.05) is 12.2 Å². The van der Waals surface area contributed by atoms with Gasteiger partial charge in [0, 0.05) is 24.3 Å². The SMILES string of the molecule is CC(C)C[C@@H]1CCO[C@H]2C(C(=O)N[C@@H]3CC=CC[C@@H](CO)S[C@H]4O[C@H]3[C@H](O)[C@H](O)[C@H]4O)N(C(=O)O)C[C@@H]2C1. The van der Waals surface area contributed by atoms with Gasteiger partial charge in [-0.15, -0.1) is 11.8 Å². The van der Waals surface area contributed by atoms with Crippen LogP contribution in [0.5, 0.6) is 0 Å². The Kier molecular flexibility index (Phi) is 9.99. The number of allylic oxidation sites excluding steroid dienone is 1. The van der Waals surface area contributed by atoms with Gasteiger partial charge in [0.25, 0.3) is 0 Å². The predicted molar refractivity (Wildman–Crippen MR) is 139 cm³/mol. The number of thioether (sulfide) groups is 1. The van der Waals surface area contributed by atoms with Crippen molar-refractivity contribution in [1.29, 1.82) is 0 Å². The second-order valence-corrected chi connectivity index (χ2v) is 12.8. The van der Waals surface area contributed by atoms with Crippen molar-refractivity contribution in [2.75, 3.05) is 19.8 Å². The Morgan fingerprint density at radius 1 is 1.11 bits per heavy atom. The first-order valence-electron chi connectivity index (χ1n) is 13.6. The number of aliphatic hydroxyl groups excluding tert-OH is 4. The molecule has 0 saturated carbocycles. The number of likely N-dealkylation sites (tertiary alicyclic amines) is 1. The van der Waals surface area contributed by atoms with Crippen LogP contribution in [0.15, 0.2) is 12.2 Å². The monoisotopic (exact) mass is 558 g/mol. The Hall–Kier alpha value is -1.41. The van der Waals surface area contributed by atoms with Gasteiger partial charge in [-0.05, 0) is 43.9 Å². The van der Waals surface area contributed by atoms with E-state index in [1.165, 1.54) is 11.8 Å². The van der Waals surface area contributed by atoms with Gasteiger partial charge < -0.3 is 40.3 Å². The largest absolute Gasteiger partial charge is 0.465 e. The highest BCUT2D eigenvalue weighted by Gasteiger charge is 2.52. The first kappa shape index (κ1) is 29.6. The Bertz CT molecular complexity index is 861. The average Bonchev–Trinajstić information content (AvgIpc) is 3.12. The maximum atomic E-state index is 13.7. The van der Waals surface area contributed by atoms with Gasteiger partial charge in [0.05, 0.1) is 18.8 Å². The van der Waals surface area contributed by atoms with Crippen LogP contribution in [0.3, 0.4) is 0 Å². The van der Waals surface area contributed by atoms with E-state index in [9.17, 15) is 35.1 Å². The van der Waals surface area contributed by atoms with Crippen molar-refractivity contribution >= 4 is 23.8 Å². The summed E-state index contributed by atoms with van der Waals surface area (Å²) in [5.41, 5.74) is -0.920. The number of carbonyl (C=O) groups excluding carboxylic acids is 1. The van der Waals surface area contributed by atoms with Crippen molar-refractivity contribution in [3.05, 3.63) is 12.2 Å². The van der Waals surface area contributed by atoms with E-state index in [0.717, 1.165) is 24.2 Å². The molecule has 38 heavy (non-hydrogen) atoms. The third kappa shape index (κ3) is 6.48. The normalized spacial score (nSPS) is 41.9. The highest BCUT2D eigenvalue weighted by Crippen LogP contribution is 2.38. The smallest absolute Gasteiger partial charge is 0.408 e. The number of carbonyl (C=O) groups is 2. The number of ether oxygens (including phenoxy) is 2. The summed E-state index contributed by atoms with van der Waals surface area (Å²) in [6.45, 7) is 4.85. The lowest BCUT2D eigenvalue weighted by Gasteiger charge is -2.44. The Labute approximate surface area is 227 Å². The van der Waals surface area contributed by atoms with Crippen molar-refractivity contribution in [1.82, 2.24) is 10.2 Å². The summed E-state index contributed by atoms with van der Waals surface area (Å²) >= 11 is 1.17. The van der Waals surface area contributed by atoms with E-state index in [-0.39, 0.29) is 30.7 Å². The van der Waals surface area contributed by atoms with Crippen molar-refractivity contribution in [2.24, 2.45) is 17.8 Å². The number of nitrogens with zero attached hydrogens (tertiary/aromatic N) is 1. The summed E-state index contributed by atoms with van der Waals surface area (Å²) in [5, 5.41) is 54.1. The second kappa shape index (κ2) is 12.8. The molecule has 4 aliphatic rings. The van der Waals surface area contributed by atoms with Gasteiger partial charge in [0.2, 0.25) is 5.91 Å². The van der Waals surface area contributed by atoms with Gasteiger partial charge in [-0.1, -0.05) is 26.0 Å². The van der Waals surface area contributed by atoms with Gasteiger partial charge >= 0.3 is 6.09 Å². The number of amides is 2. The molecule has 216 valence electrons. The highest BCUT2D eigenvalue weighted by molar-refractivity contribution is 8.00. The van der Waals surface area contributed by atoms with E-state index < -0.39 is 60.0 Å². The van der Waals surface area contributed by atoms with Crippen LogP contribution in [-0.4, -0.2) is 115 Å². The van der Waals surface area contributed by atoms with E-state index in [0.29, 0.717) is 24.9 Å². The summed E-state index contributed by atoms with van der Waals surface area (Å²) in [6.07, 6.45) is -0.0929. The number of hydrogen-bond acceptors (Lipinski definition) is 9. The highest BCUT2D eigenvalue weighted by atomic mass is 32.2. The Morgan fingerprint density at radius 2 is 1.84 bits per heavy atom. The van der Waals surface area contributed by atoms with Crippen LogP contribution in [0.4, 0.5) is 4.79 Å². The fourth-order valence-electron chi connectivity index (χ4n) is 6.34. The molecule has 3 fully saturated rings. The van der Waals surface area contributed by atoms with Crippen molar-refractivity contribution in [2.45, 2.75) is 99.2 Å². The molecule has 4 rings (SSSR count). The third-order valence-electron chi connectivity index (χ3n) is 8.15. The maximum Gasteiger partial charge on any atom is 0.408 e. The number of rotatable bonds is 5. The quantitative estimate of drug-likeness (QED) is 0.262. The minimum atomic E-state index is -1.51. The molecule has 3 saturated heterocycles. The molecule has 0 aromatic heterocycles. The molecule has 0 aromatic rings. The molecular formula is C26H42N2O9S. The lowest BCUT2D eigenvalue weighted by atomic mass is 9.85. The van der Waals surface area contributed by atoms with E-state index in [4.69, 9.17) is 9.47 Å². The van der Waals surface area contributed by atoms with Crippen LogP contribution in [0.1, 0.15) is 46.0 Å². The molecule has 11 nitrogen and oxygen atoms in total. The first-order valence-corrected chi connectivity index (χ1v) is 14.6. The molecule has 12 heteroatoms. The van der Waals surface area contributed by atoms with Gasteiger partial charge in [-0.3, -0.25) is 9.69 Å². The van der Waals surface area contributed by atoms with Gasteiger partial charge in [0.1, 0.15) is 35.9 Å². The summed E-state index contributed by atoms with van der Waals surface area (Å²) in [5.74, 6) is 0.286. The summed E-state index contributed by atoms with van der Waals surface area (Å²) < 4.78 is 12.1. The van der Waals surface area contributed by atoms with Crippen molar-refractivity contribution < 1.29 is 44.6 Å². The van der Waals surface area contributed by atoms with Crippen LogP contribution in [0.2, 0.25) is 0 Å². The standard InChI is InChI=1S/C26H42N2O9S/c1-13(2)9-14-7-8-36-22-15(10-14)11-28(26(34)35)18(22)24(33)27-17-6-4-3-5-16(12-29)38-25-21(32)19(30)20(31)23(17)37-25/h3-4,13-23,25,29-32H,5-12H2,1-2H3,(H,27,33)(H,34,35)/t14-,15-,16-,17+,18?,19-,20+,21+,22+,23+,25+/m0/s1. The molecule has 2 bridgehead atoms. The lowest BCUT2D eigenvalue weighted by Crippen LogP contribution is -2.64. The van der Waals surface area contributed by atoms with E-state index in [2.05, 4.69) is 19.2 Å². The molecule has 1 unspecified atom stereocenters. The van der Waals surface area contributed by atoms with Crippen molar-refractivity contribution in [3.8, 4) is 0 Å². The molecular weight excluding hydrogens is 516 g/mol. The van der Waals surface area contributed by atoms with E-state index in [1.54, 1.807) is 0 Å². The zero-order chi connectivity index (χ0) is 27.6. The fourth-order valence-corrected chi connectivity index (χ4v) is 7.54. The molecule has 11 atom stereocenters. The van der Waals surface area contributed by atoms with Crippen LogP contribution in [0.25, 0.3) is 0 Å². The molecule has 4 aliphatic heterocycles. The molecule has 0 aliphatic carbocycles. The molecule has 6 N–H and O–H groups in total. The molecule has 0 radical (unpaired) electrons. The van der Waals surface area contributed by atoms with Crippen LogP contribution in [0, 0.1) is 17.8 Å². The Morgan fingerprint density at radius 3 is 2.53 bits per heavy atom. The van der Waals surface area contributed by atoms with Gasteiger partial charge in [-0.25, -0.2) is 4.79 Å². The zero-order valence-corrected chi connectivity index (χ0v) is 22.8.